The van der Waals surface area contributed by atoms with Gasteiger partial charge in [-0.2, -0.15) is 0 Å². The van der Waals surface area contributed by atoms with Crippen molar-refractivity contribution in [3.8, 4) is 0 Å². The monoisotopic (exact) mass is 324 g/mol. The van der Waals surface area contributed by atoms with Crippen LogP contribution in [0.4, 0.5) is 0 Å². The quantitative estimate of drug-likeness (QED) is 0.926. The summed E-state index contributed by atoms with van der Waals surface area (Å²) in [5.41, 5.74) is 2.73. The van der Waals surface area contributed by atoms with Crippen LogP contribution in [0.2, 0.25) is 0 Å². The fourth-order valence-corrected chi connectivity index (χ4v) is 3.38. The summed E-state index contributed by atoms with van der Waals surface area (Å²) in [7, 11) is 0. The van der Waals surface area contributed by atoms with Crippen molar-refractivity contribution >= 4 is 18.3 Å². The summed E-state index contributed by atoms with van der Waals surface area (Å²) in [5, 5.41) is 3.35. The summed E-state index contributed by atoms with van der Waals surface area (Å²) >= 11 is 0. The highest BCUT2D eigenvalue weighted by molar-refractivity contribution is 5.85. The second-order valence-electron chi connectivity index (χ2n) is 6.11. The van der Waals surface area contributed by atoms with Gasteiger partial charge in [-0.15, -0.1) is 12.4 Å². The number of ether oxygens (including phenoxy) is 1. The van der Waals surface area contributed by atoms with E-state index in [1.165, 1.54) is 11.1 Å². The van der Waals surface area contributed by atoms with Gasteiger partial charge in [-0.3, -0.25) is 4.79 Å². The van der Waals surface area contributed by atoms with Crippen molar-refractivity contribution in [2.24, 2.45) is 0 Å². The molecule has 0 radical (unpaired) electrons. The highest BCUT2D eigenvalue weighted by Gasteiger charge is 2.29. The predicted molar refractivity (Wildman–Crippen MR) is 89.6 cm³/mol. The third-order valence-electron chi connectivity index (χ3n) is 4.59. The van der Waals surface area contributed by atoms with Gasteiger partial charge >= 0.3 is 0 Å². The van der Waals surface area contributed by atoms with E-state index in [4.69, 9.17) is 4.74 Å². The number of rotatable bonds is 3. The molecule has 2 heterocycles. The van der Waals surface area contributed by atoms with Crippen LogP contribution in [0.1, 0.15) is 29.9 Å². The van der Waals surface area contributed by atoms with Crippen LogP contribution in [0.25, 0.3) is 0 Å². The maximum absolute atomic E-state index is 12.4. The number of amides is 1. The Bertz CT molecular complexity index is 503. The molecule has 1 aromatic rings. The maximum atomic E-state index is 12.4. The fraction of sp³-hybridized carbons (Fsp3) is 0.588. The van der Waals surface area contributed by atoms with Gasteiger partial charge in [0.15, 0.2) is 0 Å². The van der Waals surface area contributed by atoms with Crippen LogP contribution >= 0.6 is 12.4 Å². The van der Waals surface area contributed by atoms with E-state index in [1.807, 2.05) is 4.90 Å². The van der Waals surface area contributed by atoms with E-state index in [0.29, 0.717) is 18.9 Å². The zero-order valence-corrected chi connectivity index (χ0v) is 13.9. The first-order valence-electron chi connectivity index (χ1n) is 7.88. The van der Waals surface area contributed by atoms with Crippen molar-refractivity contribution in [2.45, 2.75) is 31.7 Å². The van der Waals surface area contributed by atoms with E-state index < -0.39 is 0 Å². The number of morpholine rings is 1. The Hall–Kier alpha value is -1.10. The van der Waals surface area contributed by atoms with E-state index >= 15 is 0 Å². The van der Waals surface area contributed by atoms with Crippen LogP contribution < -0.4 is 5.32 Å². The number of hydrogen-bond acceptors (Lipinski definition) is 3. The van der Waals surface area contributed by atoms with Crippen molar-refractivity contribution in [3.63, 3.8) is 0 Å². The first-order chi connectivity index (χ1) is 10.2. The first-order valence-corrected chi connectivity index (χ1v) is 7.88. The first kappa shape index (κ1) is 17.3. The molecule has 1 N–H and O–H groups in total. The standard InChI is InChI=1S/C17H24N2O2.ClH/c1-13-4-2-3-5-16(13)14-6-8-19(11-14)17(20)10-15-12-21-9-7-18-15;/h2-5,14-15,18H,6-12H2,1H3;1H. The molecule has 2 aliphatic heterocycles. The third-order valence-corrected chi connectivity index (χ3v) is 4.59. The molecule has 22 heavy (non-hydrogen) atoms. The topological polar surface area (TPSA) is 41.6 Å². The summed E-state index contributed by atoms with van der Waals surface area (Å²) in [6.45, 7) is 6.15. The van der Waals surface area contributed by atoms with Crippen LogP contribution in [-0.2, 0) is 9.53 Å². The Morgan fingerprint density at radius 1 is 1.41 bits per heavy atom. The van der Waals surface area contributed by atoms with Gasteiger partial charge in [-0.05, 0) is 24.5 Å². The van der Waals surface area contributed by atoms with Gasteiger partial charge in [0, 0.05) is 38.0 Å². The number of nitrogens with zero attached hydrogens (tertiary/aromatic N) is 1. The molecule has 2 unspecified atom stereocenters. The molecule has 2 aliphatic rings. The molecule has 0 saturated carbocycles. The average molecular weight is 325 g/mol. The summed E-state index contributed by atoms with van der Waals surface area (Å²) in [6, 6.07) is 8.71. The molecule has 2 fully saturated rings. The Balaban J connectivity index is 0.00000176. The van der Waals surface area contributed by atoms with Gasteiger partial charge in [0.05, 0.1) is 13.2 Å². The molecule has 0 aromatic heterocycles. The zero-order chi connectivity index (χ0) is 14.7. The molecule has 3 rings (SSSR count). The smallest absolute Gasteiger partial charge is 0.224 e. The molecule has 122 valence electrons. The Labute approximate surface area is 138 Å². The molecule has 4 nitrogen and oxygen atoms in total. The molecular weight excluding hydrogens is 300 g/mol. The number of carbonyl (C=O) groups is 1. The second kappa shape index (κ2) is 7.95. The summed E-state index contributed by atoms with van der Waals surface area (Å²) in [4.78, 5) is 14.4. The van der Waals surface area contributed by atoms with Crippen LogP contribution in [0, 0.1) is 6.92 Å². The van der Waals surface area contributed by atoms with Gasteiger partial charge < -0.3 is 15.0 Å². The van der Waals surface area contributed by atoms with Crippen LogP contribution in [-0.4, -0.2) is 49.7 Å². The molecule has 0 bridgehead atoms. The number of nitrogens with one attached hydrogen (secondary N) is 1. The molecular formula is C17H25ClN2O2. The highest BCUT2D eigenvalue weighted by atomic mass is 35.5. The van der Waals surface area contributed by atoms with Gasteiger partial charge in [-0.1, -0.05) is 24.3 Å². The lowest BCUT2D eigenvalue weighted by Gasteiger charge is -2.25. The minimum absolute atomic E-state index is 0. The van der Waals surface area contributed by atoms with Crippen LogP contribution in [0.5, 0.6) is 0 Å². The van der Waals surface area contributed by atoms with Crippen molar-refractivity contribution in [1.29, 1.82) is 0 Å². The lowest BCUT2D eigenvalue weighted by Crippen LogP contribution is -2.44. The van der Waals surface area contributed by atoms with E-state index in [-0.39, 0.29) is 24.4 Å². The number of aryl methyl sites for hydroxylation is 1. The van der Waals surface area contributed by atoms with Crippen molar-refractivity contribution in [1.82, 2.24) is 10.2 Å². The highest BCUT2D eigenvalue weighted by Crippen LogP contribution is 2.29. The van der Waals surface area contributed by atoms with E-state index in [2.05, 4.69) is 36.5 Å². The number of hydrogen-bond donors (Lipinski definition) is 1. The number of carbonyl (C=O) groups excluding carboxylic acids is 1. The minimum atomic E-state index is 0. The maximum Gasteiger partial charge on any atom is 0.224 e. The van der Waals surface area contributed by atoms with E-state index in [9.17, 15) is 4.79 Å². The summed E-state index contributed by atoms with van der Waals surface area (Å²) in [6.07, 6.45) is 1.63. The summed E-state index contributed by atoms with van der Waals surface area (Å²) in [5.74, 6) is 0.750. The van der Waals surface area contributed by atoms with E-state index in [1.54, 1.807) is 0 Å². The fourth-order valence-electron chi connectivity index (χ4n) is 3.38. The molecule has 5 heteroatoms. The van der Waals surface area contributed by atoms with Gasteiger partial charge in [0.25, 0.3) is 0 Å². The number of likely N-dealkylation sites (tertiary alicyclic amines) is 1. The van der Waals surface area contributed by atoms with Gasteiger partial charge in [0.2, 0.25) is 5.91 Å². The Morgan fingerprint density at radius 3 is 2.95 bits per heavy atom. The summed E-state index contributed by atoms with van der Waals surface area (Å²) < 4.78 is 5.42. The largest absolute Gasteiger partial charge is 0.378 e. The van der Waals surface area contributed by atoms with Crippen molar-refractivity contribution in [3.05, 3.63) is 35.4 Å². The minimum Gasteiger partial charge on any atom is -0.378 e. The molecule has 1 aromatic carbocycles. The lowest BCUT2D eigenvalue weighted by atomic mass is 9.94. The third kappa shape index (κ3) is 4.00. The van der Waals surface area contributed by atoms with Gasteiger partial charge in [-0.25, -0.2) is 0 Å². The molecule has 2 atom stereocenters. The van der Waals surface area contributed by atoms with E-state index in [0.717, 1.165) is 32.7 Å². The van der Waals surface area contributed by atoms with Gasteiger partial charge in [0.1, 0.15) is 0 Å². The van der Waals surface area contributed by atoms with Crippen LogP contribution in [0.3, 0.4) is 0 Å². The Morgan fingerprint density at radius 2 is 2.23 bits per heavy atom. The number of benzene rings is 1. The molecule has 1 amide bonds. The normalized spacial score (nSPS) is 24.9. The van der Waals surface area contributed by atoms with Crippen LogP contribution in [0.15, 0.2) is 24.3 Å². The predicted octanol–water partition coefficient (Wildman–Crippen LogP) is 2.11. The Kier molecular flexibility index (Phi) is 6.24. The molecule has 0 aliphatic carbocycles. The molecule has 0 spiro atoms. The zero-order valence-electron chi connectivity index (χ0n) is 13.1. The average Bonchev–Trinajstić information content (AvgIpc) is 2.98. The SMILES string of the molecule is Cc1ccccc1C1CCN(C(=O)CC2COCCN2)C1.Cl. The second-order valence-corrected chi connectivity index (χ2v) is 6.11. The van der Waals surface area contributed by atoms with Crippen molar-refractivity contribution < 1.29 is 9.53 Å². The lowest BCUT2D eigenvalue weighted by molar-refractivity contribution is -0.131. The molecule has 2 saturated heterocycles. The number of halogens is 1. The van der Waals surface area contributed by atoms with Crippen molar-refractivity contribution in [2.75, 3.05) is 32.8 Å².